The van der Waals surface area contributed by atoms with Crippen molar-refractivity contribution in [3.05, 3.63) is 29.8 Å². The van der Waals surface area contributed by atoms with E-state index in [9.17, 15) is 0 Å². The van der Waals surface area contributed by atoms with Crippen LogP contribution in [0.25, 0.3) is 0 Å². The molecule has 1 N–H and O–H groups in total. The summed E-state index contributed by atoms with van der Waals surface area (Å²) in [6.07, 6.45) is 8.05. The molecule has 116 valence electrons. The Labute approximate surface area is 128 Å². The molecular formula is C18H28N2O. The largest absolute Gasteiger partial charge is 0.497 e. The highest BCUT2D eigenvalue weighted by atomic mass is 16.5. The van der Waals surface area contributed by atoms with Gasteiger partial charge >= 0.3 is 0 Å². The SMILES string of the molecule is COc1ccc(CCN(CC2CCCCN2)C2CC2)cc1. The van der Waals surface area contributed by atoms with Gasteiger partial charge in [-0.15, -0.1) is 0 Å². The fraction of sp³-hybridized carbons (Fsp3) is 0.667. The molecule has 3 nitrogen and oxygen atoms in total. The van der Waals surface area contributed by atoms with Crippen molar-refractivity contribution in [3.8, 4) is 5.75 Å². The molecule has 21 heavy (non-hydrogen) atoms. The average Bonchev–Trinajstić information content (AvgIpc) is 3.38. The third-order valence-corrected chi connectivity index (χ3v) is 4.78. The van der Waals surface area contributed by atoms with Crippen molar-refractivity contribution >= 4 is 0 Å². The molecular weight excluding hydrogens is 260 g/mol. The number of nitrogens with one attached hydrogen (secondary N) is 1. The summed E-state index contributed by atoms with van der Waals surface area (Å²) in [4.78, 5) is 2.72. The maximum atomic E-state index is 5.22. The number of ether oxygens (including phenoxy) is 1. The Morgan fingerprint density at radius 2 is 1.95 bits per heavy atom. The van der Waals surface area contributed by atoms with E-state index in [1.807, 2.05) is 0 Å². The molecule has 2 fully saturated rings. The summed E-state index contributed by atoms with van der Waals surface area (Å²) in [5, 5.41) is 3.69. The number of hydrogen-bond acceptors (Lipinski definition) is 3. The minimum absolute atomic E-state index is 0.718. The Balaban J connectivity index is 1.50. The quantitative estimate of drug-likeness (QED) is 0.835. The van der Waals surface area contributed by atoms with Crippen LogP contribution >= 0.6 is 0 Å². The van der Waals surface area contributed by atoms with Gasteiger partial charge in [-0.3, -0.25) is 4.90 Å². The zero-order valence-electron chi connectivity index (χ0n) is 13.2. The molecule has 3 rings (SSSR count). The molecule has 1 aliphatic heterocycles. The number of benzene rings is 1. The Bertz CT molecular complexity index is 421. The second kappa shape index (κ2) is 7.28. The summed E-state index contributed by atoms with van der Waals surface area (Å²) in [6, 6.07) is 10.1. The van der Waals surface area contributed by atoms with Crippen LogP contribution in [0.4, 0.5) is 0 Å². The van der Waals surface area contributed by atoms with Gasteiger partial charge in [0.1, 0.15) is 5.75 Å². The smallest absolute Gasteiger partial charge is 0.118 e. The van der Waals surface area contributed by atoms with Crippen molar-refractivity contribution in [2.75, 3.05) is 26.7 Å². The zero-order chi connectivity index (χ0) is 14.5. The maximum absolute atomic E-state index is 5.22. The number of hydrogen-bond donors (Lipinski definition) is 1. The Morgan fingerprint density at radius 3 is 2.57 bits per heavy atom. The summed E-state index contributed by atoms with van der Waals surface area (Å²) in [7, 11) is 1.72. The summed E-state index contributed by atoms with van der Waals surface area (Å²) >= 11 is 0. The molecule has 1 saturated carbocycles. The number of nitrogens with zero attached hydrogens (tertiary/aromatic N) is 1. The van der Waals surface area contributed by atoms with Crippen molar-refractivity contribution in [1.82, 2.24) is 10.2 Å². The van der Waals surface area contributed by atoms with E-state index in [1.54, 1.807) is 7.11 Å². The number of methoxy groups -OCH3 is 1. The normalized spacial score (nSPS) is 22.5. The van der Waals surface area contributed by atoms with Gasteiger partial charge in [-0.05, 0) is 56.3 Å². The zero-order valence-corrected chi connectivity index (χ0v) is 13.2. The lowest BCUT2D eigenvalue weighted by atomic mass is 10.0. The van der Waals surface area contributed by atoms with Crippen molar-refractivity contribution in [2.45, 2.75) is 50.6 Å². The van der Waals surface area contributed by atoms with Gasteiger partial charge in [0.25, 0.3) is 0 Å². The summed E-state index contributed by atoms with van der Waals surface area (Å²) in [5.41, 5.74) is 1.41. The molecule has 1 atom stereocenters. The number of rotatable bonds is 7. The molecule has 0 amide bonds. The molecule has 1 aromatic carbocycles. The lowest BCUT2D eigenvalue weighted by molar-refractivity contribution is 0.218. The highest BCUT2D eigenvalue weighted by molar-refractivity contribution is 5.27. The van der Waals surface area contributed by atoms with Crippen LogP contribution in [-0.4, -0.2) is 43.7 Å². The van der Waals surface area contributed by atoms with Crippen LogP contribution < -0.4 is 10.1 Å². The van der Waals surface area contributed by atoms with Gasteiger partial charge in [0.2, 0.25) is 0 Å². The van der Waals surface area contributed by atoms with E-state index >= 15 is 0 Å². The first-order chi connectivity index (χ1) is 10.3. The third-order valence-electron chi connectivity index (χ3n) is 4.78. The van der Waals surface area contributed by atoms with Crippen LogP contribution in [0.1, 0.15) is 37.7 Å². The fourth-order valence-electron chi connectivity index (χ4n) is 3.29. The maximum Gasteiger partial charge on any atom is 0.118 e. The van der Waals surface area contributed by atoms with Crippen molar-refractivity contribution in [2.24, 2.45) is 0 Å². The highest BCUT2D eigenvalue weighted by Crippen LogP contribution is 2.28. The van der Waals surface area contributed by atoms with Crippen molar-refractivity contribution < 1.29 is 4.74 Å². The Hall–Kier alpha value is -1.06. The number of piperidine rings is 1. The molecule has 1 aliphatic carbocycles. The van der Waals surface area contributed by atoms with E-state index in [4.69, 9.17) is 4.74 Å². The van der Waals surface area contributed by atoms with E-state index in [-0.39, 0.29) is 0 Å². The first-order valence-electron chi connectivity index (χ1n) is 8.45. The van der Waals surface area contributed by atoms with E-state index < -0.39 is 0 Å². The molecule has 1 aromatic rings. The second-order valence-corrected chi connectivity index (χ2v) is 6.47. The predicted octanol–water partition coefficient (Wildman–Crippen LogP) is 2.84. The van der Waals surface area contributed by atoms with Gasteiger partial charge < -0.3 is 10.1 Å². The molecule has 3 heteroatoms. The van der Waals surface area contributed by atoms with Crippen LogP contribution in [0.2, 0.25) is 0 Å². The fourth-order valence-corrected chi connectivity index (χ4v) is 3.29. The summed E-state index contributed by atoms with van der Waals surface area (Å²) in [6.45, 7) is 3.64. The van der Waals surface area contributed by atoms with Gasteiger partial charge in [0.15, 0.2) is 0 Å². The predicted molar refractivity (Wildman–Crippen MR) is 86.9 cm³/mol. The minimum atomic E-state index is 0.718. The molecule has 1 saturated heterocycles. The summed E-state index contributed by atoms with van der Waals surface area (Å²) < 4.78 is 5.22. The van der Waals surface area contributed by atoms with Crippen molar-refractivity contribution in [1.29, 1.82) is 0 Å². The molecule has 2 aliphatic rings. The average molecular weight is 288 g/mol. The van der Waals surface area contributed by atoms with Gasteiger partial charge in [-0.1, -0.05) is 18.6 Å². The molecule has 0 bridgehead atoms. The molecule has 1 heterocycles. The second-order valence-electron chi connectivity index (χ2n) is 6.47. The molecule has 0 radical (unpaired) electrons. The van der Waals surface area contributed by atoms with E-state index in [2.05, 4.69) is 34.5 Å². The first-order valence-corrected chi connectivity index (χ1v) is 8.45. The molecule has 0 spiro atoms. The van der Waals surface area contributed by atoms with Gasteiger partial charge in [0, 0.05) is 25.2 Å². The van der Waals surface area contributed by atoms with Crippen LogP contribution in [0, 0.1) is 0 Å². The summed E-state index contributed by atoms with van der Waals surface area (Å²) in [5.74, 6) is 0.948. The highest BCUT2D eigenvalue weighted by Gasteiger charge is 2.30. The van der Waals surface area contributed by atoms with Gasteiger partial charge in [-0.25, -0.2) is 0 Å². The Morgan fingerprint density at radius 1 is 1.14 bits per heavy atom. The minimum Gasteiger partial charge on any atom is -0.497 e. The van der Waals surface area contributed by atoms with E-state index in [0.29, 0.717) is 0 Å². The third kappa shape index (κ3) is 4.45. The molecule has 1 unspecified atom stereocenters. The van der Waals surface area contributed by atoms with Crippen LogP contribution in [0.15, 0.2) is 24.3 Å². The lowest BCUT2D eigenvalue weighted by Crippen LogP contribution is -2.45. The Kier molecular flexibility index (Phi) is 5.15. The standard InChI is InChI=1S/C18H28N2O/c1-21-18-9-5-15(6-10-18)11-13-20(17-7-8-17)14-16-4-2-3-12-19-16/h5-6,9-10,16-17,19H,2-4,7-8,11-14H2,1H3. The van der Waals surface area contributed by atoms with Gasteiger partial charge in [0.05, 0.1) is 7.11 Å². The molecule has 0 aromatic heterocycles. The lowest BCUT2D eigenvalue weighted by Gasteiger charge is -2.30. The van der Waals surface area contributed by atoms with E-state index in [1.165, 1.54) is 57.3 Å². The van der Waals surface area contributed by atoms with Crippen LogP contribution in [0.3, 0.4) is 0 Å². The van der Waals surface area contributed by atoms with Crippen molar-refractivity contribution in [3.63, 3.8) is 0 Å². The van der Waals surface area contributed by atoms with Crippen LogP contribution in [0.5, 0.6) is 5.75 Å². The van der Waals surface area contributed by atoms with E-state index in [0.717, 1.165) is 24.3 Å². The monoisotopic (exact) mass is 288 g/mol. The first kappa shape index (κ1) is 14.9. The topological polar surface area (TPSA) is 24.5 Å². The van der Waals surface area contributed by atoms with Gasteiger partial charge in [-0.2, -0.15) is 0 Å². The van der Waals surface area contributed by atoms with Crippen LogP contribution in [-0.2, 0) is 6.42 Å².